The Balaban J connectivity index is 2.79. The molecule has 3 nitrogen and oxygen atoms in total. The van der Waals surface area contributed by atoms with Crippen LogP contribution in [0.2, 0.25) is 0 Å². The maximum absolute atomic E-state index is 13.1. The number of nitrogens with zero attached hydrogens (tertiary/aromatic N) is 1. The summed E-state index contributed by atoms with van der Waals surface area (Å²) in [5.41, 5.74) is -0.557. The fourth-order valence-corrected chi connectivity index (χ4v) is 0.937. The minimum absolute atomic E-state index is 0.221. The molecule has 0 aliphatic carbocycles. The maximum atomic E-state index is 13.1. The quantitative estimate of drug-likeness (QED) is 0.812. The fraction of sp³-hybridized carbons (Fsp3) is 0.500. The van der Waals surface area contributed by atoms with E-state index < -0.39 is 23.2 Å². The lowest BCUT2D eigenvalue weighted by molar-refractivity contribution is 0.0342. The molecule has 0 aliphatic heterocycles. The molecule has 0 bridgehead atoms. The van der Waals surface area contributed by atoms with Crippen LogP contribution in [0.5, 0.6) is 0 Å². The van der Waals surface area contributed by atoms with Crippen molar-refractivity contribution in [2.45, 2.75) is 19.4 Å². The molecule has 0 spiro atoms. The van der Waals surface area contributed by atoms with E-state index in [4.69, 9.17) is 4.74 Å². The molecule has 6 heteroatoms. The van der Waals surface area contributed by atoms with Crippen LogP contribution in [0.15, 0.2) is 6.07 Å². The van der Waals surface area contributed by atoms with Crippen LogP contribution >= 0.6 is 0 Å². The number of ether oxygens (including phenoxy) is 1. The highest BCUT2D eigenvalue weighted by Crippen LogP contribution is 2.16. The molecule has 0 amide bonds. The first-order chi connectivity index (χ1) is 7.35. The monoisotopic (exact) mass is 234 g/mol. The van der Waals surface area contributed by atoms with Crippen LogP contribution in [0.25, 0.3) is 0 Å². The van der Waals surface area contributed by atoms with Gasteiger partial charge in [0.15, 0.2) is 17.5 Å². The number of aromatic nitrogens is 1. The lowest BCUT2D eigenvalue weighted by Gasteiger charge is -2.23. The number of methoxy groups -OCH3 is 1. The number of nitrogens with one attached hydrogen (secondary N) is 1. The Morgan fingerprint density at radius 3 is 2.50 bits per heavy atom. The van der Waals surface area contributed by atoms with Gasteiger partial charge in [0.25, 0.3) is 5.95 Å². The molecule has 90 valence electrons. The highest BCUT2D eigenvalue weighted by molar-refractivity contribution is 5.36. The van der Waals surface area contributed by atoms with Crippen molar-refractivity contribution >= 4 is 5.82 Å². The highest BCUT2D eigenvalue weighted by Gasteiger charge is 2.18. The van der Waals surface area contributed by atoms with Crippen LogP contribution in [-0.4, -0.2) is 24.2 Å². The highest BCUT2D eigenvalue weighted by atomic mass is 19.2. The van der Waals surface area contributed by atoms with Gasteiger partial charge in [0, 0.05) is 19.7 Å². The third kappa shape index (κ3) is 3.10. The molecule has 1 rings (SSSR count). The number of hydrogen-bond acceptors (Lipinski definition) is 3. The summed E-state index contributed by atoms with van der Waals surface area (Å²) in [6, 6.07) is 0.449. The lowest BCUT2D eigenvalue weighted by atomic mass is 10.1. The van der Waals surface area contributed by atoms with Crippen LogP contribution in [0.3, 0.4) is 0 Å². The number of anilines is 1. The summed E-state index contributed by atoms with van der Waals surface area (Å²) in [7, 11) is 1.50. The van der Waals surface area contributed by atoms with Gasteiger partial charge in [-0.25, -0.2) is 8.78 Å². The van der Waals surface area contributed by atoms with Crippen LogP contribution in [0, 0.1) is 17.6 Å². The Bertz CT molecular complexity index is 383. The second-order valence-corrected chi connectivity index (χ2v) is 3.91. The van der Waals surface area contributed by atoms with E-state index in [0.717, 1.165) is 0 Å². The van der Waals surface area contributed by atoms with Crippen LogP contribution in [0.1, 0.15) is 13.8 Å². The van der Waals surface area contributed by atoms with E-state index in [-0.39, 0.29) is 12.4 Å². The van der Waals surface area contributed by atoms with Crippen LogP contribution < -0.4 is 5.32 Å². The largest absolute Gasteiger partial charge is 0.377 e. The van der Waals surface area contributed by atoms with Gasteiger partial charge in [-0.05, 0) is 13.8 Å². The van der Waals surface area contributed by atoms with Crippen molar-refractivity contribution in [3.8, 4) is 0 Å². The first-order valence-electron chi connectivity index (χ1n) is 4.66. The minimum Gasteiger partial charge on any atom is -0.377 e. The predicted molar refractivity (Wildman–Crippen MR) is 53.7 cm³/mol. The van der Waals surface area contributed by atoms with Gasteiger partial charge in [-0.15, -0.1) is 0 Å². The summed E-state index contributed by atoms with van der Waals surface area (Å²) >= 11 is 0. The van der Waals surface area contributed by atoms with E-state index in [2.05, 4.69) is 10.3 Å². The molecule has 0 saturated carbocycles. The zero-order valence-electron chi connectivity index (χ0n) is 9.27. The van der Waals surface area contributed by atoms with Crippen molar-refractivity contribution in [1.82, 2.24) is 4.98 Å². The molecule has 0 radical (unpaired) electrons. The summed E-state index contributed by atoms with van der Waals surface area (Å²) in [5, 5.41) is 2.55. The SMILES string of the molecule is COC(C)(C)CNc1nc(F)c(F)cc1F. The van der Waals surface area contributed by atoms with Gasteiger partial charge in [-0.2, -0.15) is 9.37 Å². The molecule has 0 unspecified atom stereocenters. The van der Waals surface area contributed by atoms with Gasteiger partial charge in [-0.3, -0.25) is 0 Å². The lowest BCUT2D eigenvalue weighted by Crippen LogP contribution is -2.32. The molecule has 1 aromatic heterocycles. The molecule has 0 fully saturated rings. The molecule has 0 aliphatic rings. The number of rotatable bonds is 4. The molecule has 0 aromatic carbocycles. The van der Waals surface area contributed by atoms with Crippen molar-refractivity contribution in [2.75, 3.05) is 19.0 Å². The third-order valence-corrected chi connectivity index (χ3v) is 2.12. The van der Waals surface area contributed by atoms with Gasteiger partial charge in [0.05, 0.1) is 5.60 Å². The molecule has 1 N–H and O–H groups in total. The Kier molecular flexibility index (Phi) is 3.74. The molecule has 0 atom stereocenters. The summed E-state index contributed by atoms with van der Waals surface area (Å²) in [5.74, 6) is -3.91. The average molecular weight is 234 g/mol. The van der Waals surface area contributed by atoms with Gasteiger partial charge in [0.2, 0.25) is 0 Å². The summed E-state index contributed by atoms with van der Waals surface area (Å²) in [6.45, 7) is 3.74. The zero-order valence-corrected chi connectivity index (χ0v) is 9.27. The first-order valence-corrected chi connectivity index (χ1v) is 4.66. The molecule has 0 saturated heterocycles. The normalized spacial score (nSPS) is 11.6. The van der Waals surface area contributed by atoms with Crippen molar-refractivity contribution in [3.05, 3.63) is 23.6 Å². The average Bonchev–Trinajstić information content (AvgIpc) is 2.22. The van der Waals surface area contributed by atoms with E-state index in [1.807, 2.05) is 0 Å². The van der Waals surface area contributed by atoms with Gasteiger partial charge in [-0.1, -0.05) is 0 Å². The number of hydrogen-bond donors (Lipinski definition) is 1. The summed E-state index contributed by atoms with van der Waals surface area (Å²) in [6.07, 6.45) is 0. The fourth-order valence-electron chi connectivity index (χ4n) is 0.937. The van der Waals surface area contributed by atoms with Crippen LogP contribution in [-0.2, 0) is 4.74 Å². The first kappa shape index (κ1) is 12.8. The molecule has 1 aromatic rings. The zero-order chi connectivity index (χ0) is 12.3. The maximum Gasteiger partial charge on any atom is 0.251 e. The van der Waals surface area contributed by atoms with E-state index in [9.17, 15) is 13.2 Å². The van der Waals surface area contributed by atoms with E-state index in [1.165, 1.54) is 7.11 Å². The second kappa shape index (κ2) is 4.69. The van der Waals surface area contributed by atoms with Crippen LogP contribution in [0.4, 0.5) is 19.0 Å². The van der Waals surface area contributed by atoms with Gasteiger partial charge >= 0.3 is 0 Å². The van der Waals surface area contributed by atoms with Crippen molar-refractivity contribution < 1.29 is 17.9 Å². The standard InChI is InChI=1S/C10H13F3N2O/c1-10(2,16-3)5-14-9-7(12)4-6(11)8(13)15-9/h4H,5H2,1-3H3,(H,14,15). The van der Waals surface area contributed by atoms with Crippen molar-refractivity contribution in [1.29, 1.82) is 0 Å². The molecular formula is C10H13F3N2O. The molecular weight excluding hydrogens is 221 g/mol. The predicted octanol–water partition coefficient (Wildman–Crippen LogP) is 2.34. The van der Waals surface area contributed by atoms with Gasteiger partial charge < -0.3 is 10.1 Å². The third-order valence-electron chi connectivity index (χ3n) is 2.12. The Morgan fingerprint density at radius 2 is 1.94 bits per heavy atom. The minimum atomic E-state index is -1.33. The van der Waals surface area contributed by atoms with E-state index in [0.29, 0.717) is 6.07 Å². The molecule has 16 heavy (non-hydrogen) atoms. The number of halogens is 3. The van der Waals surface area contributed by atoms with Crippen molar-refractivity contribution in [2.24, 2.45) is 0 Å². The van der Waals surface area contributed by atoms with Crippen molar-refractivity contribution in [3.63, 3.8) is 0 Å². The Labute approximate surface area is 91.6 Å². The van der Waals surface area contributed by atoms with E-state index in [1.54, 1.807) is 13.8 Å². The summed E-state index contributed by atoms with van der Waals surface area (Å²) < 4.78 is 43.5. The topological polar surface area (TPSA) is 34.1 Å². The van der Waals surface area contributed by atoms with E-state index >= 15 is 0 Å². The summed E-state index contributed by atoms with van der Waals surface area (Å²) in [4.78, 5) is 3.13. The smallest absolute Gasteiger partial charge is 0.251 e. The van der Waals surface area contributed by atoms with Gasteiger partial charge in [0.1, 0.15) is 0 Å². The molecule has 1 heterocycles. The Morgan fingerprint density at radius 1 is 1.31 bits per heavy atom. The Hall–Kier alpha value is -1.30. The number of pyridine rings is 1. The second-order valence-electron chi connectivity index (χ2n) is 3.91.